The monoisotopic (exact) mass is 218 g/mol. The molecule has 0 bridgehead atoms. The van der Waals surface area contributed by atoms with Gasteiger partial charge < -0.3 is 4.74 Å². The fraction of sp³-hybridized carbons (Fsp3) is 0.500. The molecule has 0 spiro atoms. The van der Waals surface area contributed by atoms with Crippen LogP contribution in [0.15, 0.2) is 24.3 Å². The van der Waals surface area contributed by atoms with Gasteiger partial charge in [-0.25, -0.2) is 0 Å². The number of ketones is 1. The number of rotatable bonds is 4. The smallest absolute Gasteiger partial charge is 0.170 e. The first-order valence-electron chi connectivity index (χ1n) is 5.82. The number of hydrogen-bond donors (Lipinski definition) is 0. The Morgan fingerprint density at radius 3 is 2.62 bits per heavy atom. The Balaban J connectivity index is 2.23. The van der Waals surface area contributed by atoms with Crippen molar-refractivity contribution in [2.45, 2.75) is 27.2 Å². The fourth-order valence-electron chi connectivity index (χ4n) is 2.05. The standard InChI is InChI=1S/C14H18O2/c1-4-16-12-8-6-5-7-10(12)13(15)11-9-14(11,2)3/h5-8,11H,4,9H2,1-3H3. The van der Waals surface area contributed by atoms with Crippen LogP contribution in [0.5, 0.6) is 5.75 Å². The van der Waals surface area contributed by atoms with Crippen LogP contribution in [0, 0.1) is 11.3 Å². The minimum absolute atomic E-state index is 0.175. The van der Waals surface area contributed by atoms with Gasteiger partial charge in [-0.05, 0) is 30.9 Å². The average molecular weight is 218 g/mol. The topological polar surface area (TPSA) is 26.3 Å². The number of para-hydroxylation sites is 1. The highest BCUT2D eigenvalue weighted by molar-refractivity contribution is 6.02. The van der Waals surface area contributed by atoms with E-state index in [4.69, 9.17) is 4.74 Å². The Morgan fingerprint density at radius 2 is 2.06 bits per heavy atom. The predicted molar refractivity (Wildman–Crippen MR) is 63.8 cm³/mol. The summed E-state index contributed by atoms with van der Waals surface area (Å²) in [7, 11) is 0. The Morgan fingerprint density at radius 1 is 1.44 bits per heavy atom. The van der Waals surface area contributed by atoms with Crippen molar-refractivity contribution >= 4 is 5.78 Å². The van der Waals surface area contributed by atoms with Crippen LogP contribution in [0.2, 0.25) is 0 Å². The van der Waals surface area contributed by atoms with Gasteiger partial charge in [0.1, 0.15) is 5.75 Å². The van der Waals surface area contributed by atoms with Crippen LogP contribution in [0.4, 0.5) is 0 Å². The van der Waals surface area contributed by atoms with Crippen LogP contribution in [0.1, 0.15) is 37.6 Å². The minimum Gasteiger partial charge on any atom is -0.493 e. The summed E-state index contributed by atoms with van der Waals surface area (Å²) in [6.45, 7) is 6.80. The van der Waals surface area contributed by atoms with E-state index in [-0.39, 0.29) is 17.1 Å². The third-order valence-electron chi connectivity index (χ3n) is 3.28. The van der Waals surface area contributed by atoms with E-state index < -0.39 is 0 Å². The zero-order valence-corrected chi connectivity index (χ0v) is 10.1. The largest absolute Gasteiger partial charge is 0.493 e. The number of ether oxygens (including phenoxy) is 1. The molecule has 0 aromatic heterocycles. The van der Waals surface area contributed by atoms with E-state index in [0.29, 0.717) is 6.61 Å². The summed E-state index contributed by atoms with van der Waals surface area (Å²) >= 11 is 0. The van der Waals surface area contributed by atoms with Gasteiger partial charge in [0, 0.05) is 5.92 Å². The number of carbonyl (C=O) groups is 1. The summed E-state index contributed by atoms with van der Waals surface area (Å²) < 4.78 is 5.48. The molecule has 86 valence electrons. The molecule has 2 heteroatoms. The molecule has 0 radical (unpaired) electrons. The first kappa shape index (κ1) is 11.2. The zero-order chi connectivity index (χ0) is 11.8. The second-order valence-corrected chi connectivity index (χ2v) is 5.04. The van der Waals surface area contributed by atoms with E-state index in [2.05, 4.69) is 13.8 Å². The Hall–Kier alpha value is -1.31. The highest BCUT2D eigenvalue weighted by Crippen LogP contribution is 2.53. The maximum Gasteiger partial charge on any atom is 0.170 e. The third kappa shape index (κ3) is 1.97. The van der Waals surface area contributed by atoms with Crippen molar-refractivity contribution in [1.29, 1.82) is 0 Å². The maximum atomic E-state index is 12.2. The third-order valence-corrected chi connectivity index (χ3v) is 3.28. The van der Waals surface area contributed by atoms with Gasteiger partial charge in [0.05, 0.1) is 12.2 Å². The lowest BCUT2D eigenvalue weighted by molar-refractivity contribution is 0.0949. The molecule has 2 nitrogen and oxygen atoms in total. The quantitative estimate of drug-likeness (QED) is 0.725. The Labute approximate surface area is 96.6 Å². The summed E-state index contributed by atoms with van der Waals surface area (Å²) in [5.41, 5.74) is 0.913. The van der Waals surface area contributed by atoms with Crippen molar-refractivity contribution in [3.63, 3.8) is 0 Å². The van der Waals surface area contributed by atoms with E-state index in [9.17, 15) is 4.79 Å². The van der Waals surface area contributed by atoms with Gasteiger partial charge in [0.15, 0.2) is 5.78 Å². The van der Waals surface area contributed by atoms with Crippen molar-refractivity contribution in [2.24, 2.45) is 11.3 Å². The van der Waals surface area contributed by atoms with E-state index in [1.165, 1.54) is 0 Å². The fourth-order valence-corrected chi connectivity index (χ4v) is 2.05. The van der Waals surface area contributed by atoms with E-state index in [0.717, 1.165) is 17.7 Å². The lowest BCUT2D eigenvalue weighted by Crippen LogP contribution is -2.09. The van der Waals surface area contributed by atoms with E-state index >= 15 is 0 Å². The van der Waals surface area contributed by atoms with Crippen LogP contribution in [0.3, 0.4) is 0 Å². The van der Waals surface area contributed by atoms with Crippen molar-refractivity contribution in [3.05, 3.63) is 29.8 Å². The van der Waals surface area contributed by atoms with Crippen LogP contribution >= 0.6 is 0 Å². The molecule has 1 fully saturated rings. The van der Waals surface area contributed by atoms with Crippen molar-refractivity contribution in [3.8, 4) is 5.75 Å². The normalized spacial score (nSPS) is 21.6. The zero-order valence-electron chi connectivity index (χ0n) is 10.1. The average Bonchev–Trinajstić information content (AvgIpc) is 2.88. The Kier molecular flexibility index (Phi) is 2.75. The molecule has 0 N–H and O–H groups in total. The van der Waals surface area contributed by atoms with Crippen LogP contribution in [-0.4, -0.2) is 12.4 Å². The van der Waals surface area contributed by atoms with Gasteiger partial charge in [-0.2, -0.15) is 0 Å². The summed E-state index contributed by atoms with van der Waals surface area (Å²) in [5.74, 6) is 1.13. The summed E-state index contributed by atoms with van der Waals surface area (Å²) in [4.78, 5) is 12.2. The van der Waals surface area contributed by atoms with Crippen LogP contribution < -0.4 is 4.74 Å². The molecule has 1 saturated carbocycles. The molecule has 2 rings (SSSR count). The molecular weight excluding hydrogens is 200 g/mol. The van der Waals surface area contributed by atoms with E-state index in [1.54, 1.807) is 0 Å². The van der Waals surface area contributed by atoms with Gasteiger partial charge in [0.25, 0.3) is 0 Å². The van der Waals surface area contributed by atoms with E-state index in [1.807, 2.05) is 31.2 Å². The molecule has 1 aliphatic rings. The van der Waals surface area contributed by atoms with Gasteiger partial charge in [-0.15, -0.1) is 0 Å². The molecule has 0 saturated heterocycles. The van der Waals surface area contributed by atoms with Crippen molar-refractivity contribution in [1.82, 2.24) is 0 Å². The van der Waals surface area contributed by atoms with Crippen molar-refractivity contribution in [2.75, 3.05) is 6.61 Å². The van der Waals surface area contributed by atoms with Crippen LogP contribution in [-0.2, 0) is 0 Å². The van der Waals surface area contributed by atoms with Crippen LogP contribution in [0.25, 0.3) is 0 Å². The summed E-state index contributed by atoms with van der Waals surface area (Å²) in [6.07, 6.45) is 0.992. The Bertz CT molecular complexity index is 407. The number of hydrogen-bond acceptors (Lipinski definition) is 2. The van der Waals surface area contributed by atoms with Gasteiger partial charge in [-0.3, -0.25) is 4.79 Å². The number of Topliss-reactive ketones (excluding diaryl/α,β-unsaturated/α-hetero) is 1. The molecule has 1 unspecified atom stereocenters. The molecule has 0 heterocycles. The molecule has 1 aliphatic carbocycles. The second-order valence-electron chi connectivity index (χ2n) is 5.04. The first-order chi connectivity index (χ1) is 7.56. The molecule has 0 amide bonds. The SMILES string of the molecule is CCOc1ccccc1C(=O)C1CC1(C)C. The van der Waals surface area contributed by atoms with Crippen molar-refractivity contribution < 1.29 is 9.53 Å². The van der Waals surface area contributed by atoms with Gasteiger partial charge >= 0.3 is 0 Å². The molecule has 1 aromatic rings. The number of carbonyl (C=O) groups excluding carboxylic acids is 1. The highest BCUT2D eigenvalue weighted by atomic mass is 16.5. The lowest BCUT2D eigenvalue weighted by atomic mass is 10.0. The molecule has 1 aromatic carbocycles. The molecular formula is C14H18O2. The first-order valence-corrected chi connectivity index (χ1v) is 5.82. The van der Waals surface area contributed by atoms with Gasteiger partial charge in [-0.1, -0.05) is 26.0 Å². The molecule has 0 aliphatic heterocycles. The minimum atomic E-state index is 0.175. The number of benzene rings is 1. The van der Waals surface area contributed by atoms with Gasteiger partial charge in [0.2, 0.25) is 0 Å². The second kappa shape index (κ2) is 3.93. The molecule has 16 heavy (non-hydrogen) atoms. The predicted octanol–water partition coefficient (Wildman–Crippen LogP) is 3.31. The summed E-state index contributed by atoms with van der Waals surface area (Å²) in [6, 6.07) is 7.53. The lowest BCUT2D eigenvalue weighted by Gasteiger charge is -2.09. The molecule has 1 atom stereocenters. The highest BCUT2D eigenvalue weighted by Gasteiger charge is 2.50. The maximum absolute atomic E-state index is 12.2. The summed E-state index contributed by atoms with van der Waals surface area (Å²) in [5, 5.41) is 0.